The maximum atomic E-state index is 5.61. The summed E-state index contributed by atoms with van der Waals surface area (Å²) >= 11 is 0. The third kappa shape index (κ3) is 4.86. The number of dihydropyridines is 1. The number of rotatable bonds is 7. The first-order chi connectivity index (χ1) is 13.1. The van der Waals surface area contributed by atoms with Gasteiger partial charge in [0, 0.05) is 6.54 Å². The molecule has 0 aromatic heterocycles. The van der Waals surface area contributed by atoms with Crippen molar-refractivity contribution < 1.29 is 9.47 Å². The molecule has 1 N–H and O–H groups in total. The van der Waals surface area contributed by atoms with E-state index in [0.717, 1.165) is 36.8 Å². The van der Waals surface area contributed by atoms with Gasteiger partial charge in [0.1, 0.15) is 0 Å². The van der Waals surface area contributed by atoms with E-state index in [1.165, 1.54) is 42.6 Å². The van der Waals surface area contributed by atoms with Crippen LogP contribution in [0.4, 0.5) is 0 Å². The number of methoxy groups -OCH3 is 2. The fourth-order valence-corrected chi connectivity index (χ4v) is 4.05. The first-order valence-corrected chi connectivity index (χ1v) is 10.2. The molecule has 4 heteroatoms. The smallest absolute Gasteiger partial charge is 0.163 e. The Labute approximate surface area is 164 Å². The van der Waals surface area contributed by atoms with Crippen LogP contribution in [0.5, 0.6) is 11.5 Å². The standard InChI is InChI=1S/C23H34N2O2/c1-5-6-19-14-20(15-22(26-3)23(19)27-4)21-13-18(7-10-24-21)16-25-11-8-17(2)9-12-25/h7,10,13-15,17,21,24H,5-6,8-9,11-12,16H2,1-4H3. The lowest BCUT2D eigenvalue weighted by Crippen LogP contribution is -2.34. The minimum atomic E-state index is 0.170. The van der Waals surface area contributed by atoms with Crippen LogP contribution in [0.15, 0.2) is 36.1 Å². The minimum Gasteiger partial charge on any atom is -0.493 e. The molecule has 2 heterocycles. The van der Waals surface area contributed by atoms with Gasteiger partial charge in [0.25, 0.3) is 0 Å². The highest BCUT2D eigenvalue weighted by Gasteiger charge is 2.20. The molecule has 0 aliphatic carbocycles. The highest BCUT2D eigenvalue weighted by Crippen LogP contribution is 2.36. The van der Waals surface area contributed by atoms with Crippen molar-refractivity contribution in [2.24, 2.45) is 5.92 Å². The van der Waals surface area contributed by atoms with Gasteiger partial charge in [-0.15, -0.1) is 0 Å². The number of hydrogen-bond donors (Lipinski definition) is 1. The molecule has 2 aliphatic rings. The third-order valence-corrected chi connectivity index (χ3v) is 5.69. The quantitative estimate of drug-likeness (QED) is 0.768. The van der Waals surface area contributed by atoms with E-state index in [0.29, 0.717) is 0 Å². The van der Waals surface area contributed by atoms with E-state index in [1.54, 1.807) is 14.2 Å². The number of aryl methyl sites for hydroxylation is 1. The maximum Gasteiger partial charge on any atom is 0.163 e. The molecule has 148 valence electrons. The Kier molecular flexibility index (Phi) is 6.84. The molecule has 0 amide bonds. The second kappa shape index (κ2) is 9.32. The molecule has 0 bridgehead atoms. The number of ether oxygens (including phenoxy) is 2. The SMILES string of the molecule is CCCc1cc(C2C=C(CN3CCC(C)CC3)C=CN2)cc(OC)c1OC. The molecule has 0 saturated carbocycles. The second-order valence-corrected chi connectivity index (χ2v) is 7.84. The van der Waals surface area contributed by atoms with Crippen LogP contribution in [0.2, 0.25) is 0 Å². The highest BCUT2D eigenvalue weighted by molar-refractivity contribution is 5.51. The van der Waals surface area contributed by atoms with E-state index in [2.05, 4.69) is 54.5 Å². The Hall–Kier alpha value is -1.94. The van der Waals surface area contributed by atoms with Crippen molar-refractivity contribution in [3.63, 3.8) is 0 Å². The number of hydrogen-bond acceptors (Lipinski definition) is 4. The first kappa shape index (κ1) is 19.8. The lowest BCUT2D eigenvalue weighted by atomic mass is 9.96. The van der Waals surface area contributed by atoms with Gasteiger partial charge in [-0.25, -0.2) is 0 Å². The molecular weight excluding hydrogens is 336 g/mol. The van der Waals surface area contributed by atoms with Gasteiger partial charge in [-0.2, -0.15) is 0 Å². The van der Waals surface area contributed by atoms with Crippen LogP contribution in [0.3, 0.4) is 0 Å². The van der Waals surface area contributed by atoms with Crippen molar-refractivity contribution in [2.75, 3.05) is 33.9 Å². The number of likely N-dealkylation sites (tertiary alicyclic amines) is 1. The molecule has 2 aliphatic heterocycles. The highest BCUT2D eigenvalue weighted by atomic mass is 16.5. The summed E-state index contributed by atoms with van der Waals surface area (Å²) < 4.78 is 11.2. The van der Waals surface area contributed by atoms with Gasteiger partial charge in [-0.1, -0.05) is 26.3 Å². The molecule has 1 fully saturated rings. The number of nitrogens with one attached hydrogen (secondary N) is 1. The van der Waals surface area contributed by atoms with Crippen molar-refractivity contribution in [3.05, 3.63) is 47.2 Å². The fourth-order valence-electron chi connectivity index (χ4n) is 4.05. The van der Waals surface area contributed by atoms with E-state index >= 15 is 0 Å². The summed E-state index contributed by atoms with van der Waals surface area (Å²) in [5.41, 5.74) is 3.83. The maximum absolute atomic E-state index is 5.61. The third-order valence-electron chi connectivity index (χ3n) is 5.69. The average Bonchev–Trinajstić information content (AvgIpc) is 2.69. The Morgan fingerprint density at radius 3 is 2.59 bits per heavy atom. The molecule has 1 atom stereocenters. The zero-order valence-electron chi connectivity index (χ0n) is 17.3. The van der Waals surface area contributed by atoms with Crippen LogP contribution in [0, 0.1) is 5.92 Å². The van der Waals surface area contributed by atoms with Crippen molar-refractivity contribution >= 4 is 0 Å². The average molecular weight is 371 g/mol. The van der Waals surface area contributed by atoms with E-state index in [4.69, 9.17) is 9.47 Å². The number of piperidine rings is 1. The van der Waals surface area contributed by atoms with Crippen molar-refractivity contribution in [1.82, 2.24) is 10.2 Å². The summed E-state index contributed by atoms with van der Waals surface area (Å²) in [5.74, 6) is 2.55. The van der Waals surface area contributed by atoms with Gasteiger partial charge in [0.15, 0.2) is 11.5 Å². The predicted octanol–water partition coefficient (Wildman–Crippen LogP) is 4.47. The van der Waals surface area contributed by atoms with Crippen molar-refractivity contribution in [2.45, 2.75) is 45.6 Å². The van der Waals surface area contributed by atoms with Crippen LogP contribution in [-0.4, -0.2) is 38.8 Å². The zero-order valence-corrected chi connectivity index (χ0v) is 17.3. The monoisotopic (exact) mass is 370 g/mol. The van der Waals surface area contributed by atoms with E-state index in [-0.39, 0.29) is 6.04 Å². The molecule has 27 heavy (non-hydrogen) atoms. The van der Waals surface area contributed by atoms with Gasteiger partial charge in [-0.05, 0) is 79.4 Å². The van der Waals surface area contributed by atoms with Crippen LogP contribution in [-0.2, 0) is 6.42 Å². The summed E-state index contributed by atoms with van der Waals surface area (Å²) in [6.45, 7) is 8.01. The fraction of sp³-hybridized carbons (Fsp3) is 0.565. The van der Waals surface area contributed by atoms with E-state index in [1.807, 2.05) is 0 Å². The van der Waals surface area contributed by atoms with E-state index < -0.39 is 0 Å². The Morgan fingerprint density at radius 2 is 1.93 bits per heavy atom. The summed E-state index contributed by atoms with van der Waals surface area (Å²) in [7, 11) is 3.43. The molecule has 1 unspecified atom stereocenters. The molecular formula is C23H34N2O2. The molecule has 4 nitrogen and oxygen atoms in total. The lowest BCUT2D eigenvalue weighted by molar-refractivity contribution is 0.207. The molecule has 0 radical (unpaired) electrons. The number of nitrogens with zero attached hydrogens (tertiary/aromatic N) is 1. The van der Waals surface area contributed by atoms with E-state index in [9.17, 15) is 0 Å². The van der Waals surface area contributed by atoms with Crippen LogP contribution >= 0.6 is 0 Å². The molecule has 1 aromatic rings. The number of benzene rings is 1. The van der Waals surface area contributed by atoms with Gasteiger partial charge in [-0.3, -0.25) is 4.90 Å². The largest absolute Gasteiger partial charge is 0.493 e. The molecule has 1 saturated heterocycles. The van der Waals surface area contributed by atoms with Crippen molar-refractivity contribution in [1.29, 1.82) is 0 Å². The van der Waals surface area contributed by atoms with Gasteiger partial charge in [0.2, 0.25) is 0 Å². The van der Waals surface area contributed by atoms with Gasteiger partial charge in [0.05, 0.1) is 20.3 Å². The minimum absolute atomic E-state index is 0.170. The van der Waals surface area contributed by atoms with Crippen LogP contribution < -0.4 is 14.8 Å². The van der Waals surface area contributed by atoms with Gasteiger partial charge < -0.3 is 14.8 Å². The van der Waals surface area contributed by atoms with Crippen molar-refractivity contribution in [3.8, 4) is 11.5 Å². The second-order valence-electron chi connectivity index (χ2n) is 7.84. The predicted molar refractivity (Wildman–Crippen MR) is 111 cm³/mol. The molecule has 1 aromatic carbocycles. The Morgan fingerprint density at radius 1 is 1.15 bits per heavy atom. The van der Waals surface area contributed by atoms with Gasteiger partial charge >= 0.3 is 0 Å². The lowest BCUT2D eigenvalue weighted by Gasteiger charge is -2.31. The first-order valence-electron chi connectivity index (χ1n) is 10.2. The normalized spacial score (nSPS) is 20.9. The summed E-state index contributed by atoms with van der Waals surface area (Å²) in [5, 5.41) is 3.50. The Balaban J connectivity index is 1.79. The molecule has 3 rings (SSSR count). The molecule has 0 spiro atoms. The summed E-state index contributed by atoms with van der Waals surface area (Å²) in [6.07, 6.45) is 11.3. The summed E-state index contributed by atoms with van der Waals surface area (Å²) in [6, 6.07) is 4.54. The van der Waals surface area contributed by atoms with Crippen LogP contribution in [0.1, 0.15) is 50.3 Å². The zero-order chi connectivity index (χ0) is 19.2. The van der Waals surface area contributed by atoms with Crippen LogP contribution in [0.25, 0.3) is 0 Å². The Bertz CT molecular complexity index is 688. The topological polar surface area (TPSA) is 33.7 Å². The summed E-state index contributed by atoms with van der Waals surface area (Å²) in [4.78, 5) is 2.58.